The summed E-state index contributed by atoms with van der Waals surface area (Å²) in [6.07, 6.45) is 9.16. The summed E-state index contributed by atoms with van der Waals surface area (Å²) < 4.78 is 3.36. The van der Waals surface area contributed by atoms with Gasteiger partial charge in [0.2, 0.25) is 5.43 Å². The summed E-state index contributed by atoms with van der Waals surface area (Å²) in [5.41, 5.74) is 3.93. The molecule has 4 rings (SSSR count). The van der Waals surface area contributed by atoms with Gasteiger partial charge in [-0.15, -0.1) is 0 Å². The molecule has 0 unspecified atom stereocenters. The van der Waals surface area contributed by atoms with Gasteiger partial charge in [0.1, 0.15) is 11.4 Å². The third-order valence-corrected chi connectivity index (χ3v) is 4.43. The molecule has 0 aliphatic heterocycles. The molecular weight excluding hydrogens is 366 g/mol. The topological polar surface area (TPSA) is 90.5 Å². The third-order valence-electron chi connectivity index (χ3n) is 4.43. The van der Waals surface area contributed by atoms with Crippen molar-refractivity contribution >= 4 is 5.69 Å². The molecule has 4 aromatic rings. The van der Waals surface area contributed by atoms with Gasteiger partial charge in [-0.2, -0.15) is 10.2 Å². The second-order valence-corrected chi connectivity index (χ2v) is 6.65. The van der Waals surface area contributed by atoms with Gasteiger partial charge in [0, 0.05) is 37.8 Å². The zero-order valence-electron chi connectivity index (χ0n) is 16.3. The van der Waals surface area contributed by atoms with Crippen molar-refractivity contribution in [3.8, 4) is 17.1 Å². The Balaban J connectivity index is 1.60. The van der Waals surface area contributed by atoms with Gasteiger partial charge < -0.3 is 5.32 Å². The molecule has 0 atom stereocenters. The van der Waals surface area contributed by atoms with E-state index in [9.17, 15) is 4.79 Å². The Morgan fingerprint density at radius 3 is 2.66 bits per heavy atom. The van der Waals surface area contributed by atoms with Crippen LogP contribution in [0.25, 0.3) is 17.1 Å². The third kappa shape index (κ3) is 4.21. The van der Waals surface area contributed by atoms with Crippen molar-refractivity contribution in [1.82, 2.24) is 29.5 Å². The van der Waals surface area contributed by atoms with Crippen molar-refractivity contribution in [3.63, 3.8) is 0 Å². The van der Waals surface area contributed by atoms with Crippen LogP contribution in [0.3, 0.4) is 0 Å². The van der Waals surface area contributed by atoms with Crippen molar-refractivity contribution in [2.24, 2.45) is 7.05 Å². The minimum Gasteiger partial charge on any atom is -0.383 e. The molecule has 0 fully saturated rings. The standard InChI is InChI=1S/C21H21N7O/c1-3-22-17-11-23-21(24-12-17)16-6-4-5-15(9-16)10-19-20(29)7-8-28(26-19)18-13-25-27(2)14-18/h4-9,11-14,22H,3,10H2,1-2H3. The molecule has 0 amide bonds. The SMILES string of the molecule is CCNc1cnc(-c2cccc(Cc3nn(-c4cnn(C)c4)ccc3=O)c2)nc1. The van der Waals surface area contributed by atoms with E-state index in [0.717, 1.165) is 29.0 Å². The Labute approximate surface area is 167 Å². The van der Waals surface area contributed by atoms with Crippen LogP contribution in [-0.2, 0) is 13.5 Å². The molecule has 0 radical (unpaired) electrons. The van der Waals surface area contributed by atoms with E-state index in [2.05, 4.69) is 25.5 Å². The lowest BCUT2D eigenvalue weighted by Gasteiger charge is -2.07. The highest BCUT2D eigenvalue weighted by Crippen LogP contribution is 2.18. The van der Waals surface area contributed by atoms with Gasteiger partial charge >= 0.3 is 0 Å². The fourth-order valence-electron chi connectivity index (χ4n) is 3.03. The van der Waals surface area contributed by atoms with Crippen LogP contribution in [0.2, 0.25) is 0 Å². The monoisotopic (exact) mass is 387 g/mol. The van der Waals surface area contributed by atoms with Gasteiger partial charge in [0.25, 0.3) is 0 Å². The van der Waals surface area contributed by atoms with E-state index in [4.69, 9.17) is 0 Å². The number of benzene rings is 1. The van der Waals surface area contributed by atoms with E-state index in [1.807, 2.05) is 44.4 Å². The highest BCUT2D eigenvalue weighted by Gasteiger charge is 2.09. The Hall–Kier alpha value is -3.81. The largest absolute Gasteiger partial charge is 0.383 e. The van der Waals surface area contributed by atoms with Crippen LogP contribution >= 0.6 is 0 Å². The molecule has 0 saturated carbocycles. The highest BCUT2D eigenvalue weighted by molar-refractivity contribution is 5.57. The van der Waals surface area contributed by atoms with Crippen LogP contribution in [-0.4, -0.2) is 36.1 Å². The predicted octanol–water partition coefficient (Wildman–Crippen LogP) is 2.45. The minimum absolute atomic E-state index is 0.0956. The first-order valence-corrected chi connectivity index (χ1v) is 9.35. The zero-order chi connectivity index (χ0) is 20.2. The molecule has 8 nitrogen and oxygen atoms in total. The van der Waals surface area contributed by atoms with Gasteiger partial charge in [-0.25, -0.2) is 14.6 Å². The van der Waals surface area contributed by atoms with Crippen molar-refractivity contribution in [2.75, 3.05) is 11.9 Å². The minimum atomic E-state index is -0.0956. The number of rotatable bonds is 6. The summed E-state index contributed by atoms with van der Waals surface area (Å²) >= 11 is 0. The lowest BCUT2D eigenvalue weighted by Crippen LogP contribution is -2.16. The fraction of sp³-hybridized carbons (Fsp3) is 0.190. The summed E-state index contributed by atoms with van der Waals surface area (Å²) in [6.45, 7) is 2.84. The molecule has 0 aliphatic rings. The van der Waals surface area contributed by atoms with Crippen molar-refractivity contribution in [1.29, 1.82) is 0 Å². The first-order chi connectivity index (χ1) is 14.1. The smallest absolute Gasteiger partial charge is 0.203 e. The molecule has 0 saturated heterocycles. The van der Waals surface area contributed by atoms with E-state index in [1.54, 1.807) is 34.2 Å². The lowest BCUT2D eigenvalue weighted by molar-refractivity contribution is 0.762. The van der Waals surface area contributed by atoms with Gasteiger partial charge in [-0.05, 0) is 18.6 Å². The maximum Gasteiger partial charge on any atom is 0.203 e. The number of aromatic nitrogens is 6. The normalized spacial score (nSPS) is 10.8. The number of hydrogen-bond donors (Lipinski definition) is 1. The second kappa shape index (κ2) is 8.05. The fourth-order valence-corrected chi connectivity index (χ4v) is 3.03. The van der Waals surface area contributed by atoms with E-state index < -0.39 is 0 Å². The number of nitrogens with zero attached hydrogens (tertiary/aromatic N) is 6. The van der Waals surface area contributed by atoms with Crippen LogP contribution in [0.1, 0.15) is 18.2 Å². The van der Waals surface area contributed by atoms with Gasteiger partial charge in [-0.3, -0.25) is 9.48 Å². The molecular formula is C21H21N7O. The number of nitrogens with one attached hydrogen (secondary N) is 1. The van der Waals surface area contributed by atoms with Crippen molar-refractivity contribution in [3.05, 3.63) is 82.8 Å². The van der Waals surface area contributed by atoms with Crippen molar-refractivity contribution in [2.45, 2.75) is 13.3 Å². The molecule has 0 spiro atoms. The Kier molecular flexibility index (Phi) is 5.15. The van der Waals surface area contributed by atoms with Crippen LogP contribution in [0, 0.1) is 0 Å². The first-order valence-electron chi connectivity index (χ1n) is 9.35. The maximum absolute atomic E-state index is 12.3. The molecule has 0 aliphatic carbocycles. The summed E-state index contributed by atoms with van der Waals surface area (Å²) in [5, 5.41) is 11.8. The number of anilines is 1. The molecule has 29 heavy (non-hydrogen) atoms. The Morgan fingerprint density at radius 1 is 1.10 bits per heavy atom. The first kappa shape index (κ1) is 18.5. The van der Waals surface area contributed by atoms with E-state index in [1.165, 1.54) is 6.07 Å². The van der Waals surface area contributed by atoms with Crippen molar-refractivity contribution < 1.29 is 0 Å². The summed E-state index contributed by atoms with van der Waals surface area (Å²) in [5.74, 6) is 0.641. The van der Waals surface area contributed by atoms with E-state index in [-0.39, 0.29) is 5.43 Å². The van der Waals surface area contributed by atoms with Crippen LogP contribution in [0.15, 0.2) is 66.1 Å². The maximum atomic E-state index is 12.3. The highest BCUT2D eigenvalue weighted by atomic mass is 16.1. The quantitative estimate of drug-likeness (QED) is 0.546. The summed E-state index contributed by atoms with van der Waals surface area (Å²) in [7, 11) is 1.84. The van der Waals surface area contributed by atoms with Crippen LogP contribution < -0.4 is 10.7 Å². The Morgan fingerprint density at radius 2 is 1.93 bits per heavy atom. The molecule has 3 heterocycles. The van der Waals surface area contributed by atoms with Gasteiger partial charge in [0.05, 0.1) is 30.5 Å². The van der Waals surface area contributed by atoms with E-state index >= 15 is 0 Å². The molecule has 0 bridgehead atoms. The molecule has 3 aromatic heterocycles. The Bertz CT molecular complexity index is 1180. The average molecular weight is 387 g/mol. The van der Waals surface area contributed by atoms with Crippen LogP contribution in [0.4, 0.5) is 5.69 Å². The molecule has 8 heteroatoms. The molecule has 1 aromatic carbocycles. The summed E-state index contributed by atoms with van der Waals surface area (Å²) in [6, 6.07) is 9.39. The molecule has 146 valence electrons. The van der Waals surface area contributed by atoms with Gasteiger partial charge in [-0.1, -0.05) is 18.2 Å². The number of hydrogen-bond acceptors (Lipinski definition) is 6. The van der Waals surface area contributed by atoms with E-state index in [0.29, 0.717) is 17.9 Å². The van der Waals surface area contributed by atoms with Crippen LogP contribution in [0.5, 0.6) is 0 Å². The average Bonchev–Trinajstić information content (AvgIpc) is 3.17. The van der Waals surface area contributed by atoms with Gasteiger partial charge in [0.15, 0.2) is 5.82 Å². The summed E-state index contributed by atoms with van der Waals surface area (Å²) in [4.78, 5) is 21.2. The molecule has 1 N–H and O–H groups in total. The zero-order valence-corrected chi connectivity index (χ0v) is 16.3. The second-order valence-electron chi connectivity index (χ2n) is 6.65. The number of aryl methyl sites for hydroxylation is 1. The lowest BCUT2D eigenvalue weighted by atomic mass is 10.1. The predicted molar refractivity (Wildman–Crippen MR) is 111 cm³/mol.